The molecule has 0 aliphatic carbocycles. The lowest BCUT2D eigenvalue weighted by molar-refractivity contribution is -0.153. The van der Waals surface area contributed by atoms with Crippen LogP contribution in [0.2, 0.25) is 0 Å². The van der Waals surface area contributed by atoms with E-state index in [2.05, 4.69) is 15.9 Å². The number of carbonyl (C=O) groups excluding carboxylic acids is 2. The Labute approximate surface area is 124 Å². The molecule has 1 aromatic rings. The molecule has 2 rings (SSSR count). The summed E-state index contributed by atoms with van der Waals surface area (Å²) in [5.41, 5.74) is -0.681. The fourth-order valence-corrected chi connectivity index (χ4v) is 2.63. The lowest BCUT2D eigenvalue weighted by Crippen LogP contribution is -2.45. The van der Waals surface area contributed by atoms with Crippen molar-refractivity contribution in [2.24, 2.45) is 5.41 Å². The average molecular weight is 346 g/mol. The second-order valence-corrected chi connectivity index (χ2v) is 6.57. The van der Waals surface area contributed by atoms with Crippen LogP contribution in [0.4, 0.5) is 8.78 Å². The fourth-order valence-electron chi connectivity index (χ4n) is 2.26. The van der Waals surface area contributed by atoms with E-state index in [4.69, 9.17) is 0 Å². The second-order valence-electron chi connectivity index (χ2n) is 5.71. The molecule has 1 aromatic carbocycles. The molecular formula is C14H14BrF2NO2. The molecule has 0 atom stereocenters. The first kappa shape index (κ1) is 15.1. The van der Waals surface area contributed by atoms with Crippen LogP contribution in [0.15, 0.2) is 16.6 Å². The number of amides is 2. The zero-order valence-corrected chi connectivity index (χ0v) is 12.8. The molecule has 0 N–H and O–H groups in total. The van der Waals surface area contributed by atoms with Gasteiger partial charge in [-0.25, -0.2) is 8.78 Å². The maximum absolute atomic E-state index is 13.9. The summed E-state index contributed by atoms with van der Waals surface area (Å²) in [6.45, 7) is 3.27. The number of benzene rings is 1. The van der Waals surface area contributed by atoms with Crippen LogP contribution >= 0.6 is 15.9 Å². The molecule has 108 valence electrons. The van der Waals surface area contributed by atoms with Crippen LogP contribution in [0.5, 0.6) is 0 Å². The number of rotatable bonds is 2. The predicted molar refractivity (Wildman–Crippen MR) is 72.6 cm³/mol. The number of halogens is 3. The normalized spacial score (nSPS) is 18.6. The van der Waals surface area contributed by atoms with E-state index in [9.17, 15) is 18.4 Å². The van der Waals surface area contributed by atoms with E-state index in [-0.39, 0.29) is 29.4 Å². The minimum Gasteiger partial charge on any atom is -0.278 e. The molecule has 0 bridgehead atoms. The highest BCUT2D eigenvalue weighted by Crippen LogP contribution is 2.33. The van der Waals surface area contributed by atoms with Crippen LogP contribution < -0.4 is 0 Å². The molecule has 0 unspecified atom stereocenters. The summed E-state index contributed by atoms with van der Waals surface area (Å²) in [6.07, 6.45) is 0.381. The van der Waals surface area contributed by atoms with Gasteiger partial charge in [0.2, 0.25) is 11.8 Å². The van der Waals surface area contributed by atoms with Crippen LogP contribution in [-0.2, 0) is 16.1 Å². The van der Waals surface area contributed by atoms with Gasteiger partial charge in [0.05, 0.1) is 11.0 Å². The van der Waals surface area contributed by atoms with Crippen LogP contribution in [0.3, 0.4) is 0 Å². The maximum Gasteiger partial charge on any atom is 0.230 e. The van der Waals surface area contributed by atoms with E-state index in [0.717, 1.165) is 11.0 Å². The Morgan fingerprint density at radius 2 is 1.75 bits per heavy atom. The Morgan fingerprint density at radius 3 is 2.30 bits per heavy atom. The Balaban J connectivity index is 2.29. The largest absolute Gasteiger partial charge is 0.278 e. The van der Waals surface area contributed by atoms with E-state index in [1.165, 1.54) is 6.07 Å². The summed E-state index contributed by atoms with van der Waals surface area (Å²) in [7, 11) is 0. The number of hydrogen-bond acceptors (Lipinski definition) is 2. The van der Waals surface area contributed by atoms with Gasteiger partial charge in [0.25, 0.3) is 0 Å². The Hall–Kier alpha value is -1.30. The van der Waals surface area contributed by atoms with Crippen molar-refractivity contribution < 1.29 is 18.4 Å². The van der Waals surface area contributed by atoms with Crippen molar-refractivity contribution in [1.29, 1.82) is 0 Å². The number of carbonyl (C=O) groups is 2. The van der Waals surface area contributed by atoms with Crippen LogP contribution in [0, 0.1) is 17.0 Å². The second kappa shape index (κ2) is 5.24. The highest BCUT2D eigenvalue weighted by atomic mass is 79.9. The summed E-state index contributed by atoms with van der Waals surface area (Å²) in [5.74, 6) is -2.35. The topological polar surface area (TPSA) is 37.4 Å². The van der Waals surface area contributed by atoms with Gasteiger partial charge in [-0.3, -0.25) is 14.5 Å². The van der Waals surface area contributed by atoms with Gasteiger partial charge in [0.1, 0.15) is 11.6 Å². The summed E-state index contributed by atoms with van der Waals surface area (Å²) >= 11 is 2.96. The maximum atomic E-state index is 13.9. The molecular weight excluding hydrogens is 332 g/mol. The Bertz CT molecular complexity index is 567. The van der Waals surface area contributed by atoms with E-state index in [1.807, 2.05) is 13.8 Å². The van der Waals surface area contributed by atoms with Gasteiger partial charge in [-0.1, -0.05) is 13.8 Å². The third-order valence-electron chi connectivity index (χ3n) is 3.32. The molecule has 1 aliphatic heterocycles. The molecule has 1 fully saturated rings. The van der Waals surface area contributed by atoms with E-state index < -0.39 is 28.9 Å². The number of hydrogen-bond donors (Lipinski definition) is 0. The number of imide groups is 1. The van der Waals surface area contributed by atoms with Crippen LogP contribution in [0.25, 0.3) is 0 Å². The first-order valence-corrected chi connectivity index (χ1v) is 6.96. The van der Waals surface area contributed by atoms with Crippen LogP contribution in [0.1, 0.15) is 32.3 Å². The molecule has 0 spiro atoms. The van der Waals surface area contributed by atoms with Crippen molar-refractivity contribution >= 4 is 27.7 Å². The third kappa shape index (κ3) is 2.90. The zero-order valence-electron chi connectivity index (χ0n) is 11.2. The standard InChI is InChI=1S/C14H14BrF2NO2/c1-14(2)5-11(19)18(12(20)6-14)7-8-10(16)4-3-9(15)13(8)17/h3-4H,5-7H2,1-2H3. The van der Waals surface area contributed by atoms with Gasteiger partial charge < -0.3 is 0 Å². The summed E-state index contributed by atoms with van der Waals surface area (Å²) in [6, 6.07) is 2.35. The van der Waals surface area contributed by atoms with Crippen LogP contribution in [-0.4, -0.2) is 16.7 Å². The van der Waals surface area contributed by atoms with Crippen molar-refractivity contribution in [3.63, 3.8) is 0 Å². The Kier molecular flexibility index (Phi) is 3.95. The highest BCUT2D eigenvalue weighted by molar-refractivity contribution is 9.10. The first-order chi connectivity index (χ1) is 9.21. The summed E-state index contributed by atoms with van der Waals surface area (Å²) < 4.78 is 27.7. The first-order valence-electron chi connectivity index (χ1n) is 6.17. The predicted octanol–water partition coefficient (Wildman–Crippen LogP) is 3.40. The molecule has 20 heavy (non-hydrogen) atoms. The third-order valence-corrected chi connectivity index (χ3v) is 3.93. The van der Waals surface area contributed by atoms with E-state index >= 15 is 0 Å². The monoisotopic (exact) mass is 345 g/mol. The zero-order chi connectivity index (χ0) is 15.1. The quantitative estimate of drug-likeness (QED) is 0.608. The fraction of sp³-hybridized carbons (Fsp3) is 0.429. The number of likely N-dealkylation sites (tertiary alicyclic amines) is 1. The molecule has 6 heteroatoms. The molecule has 2 amide bonds. The molecule has 0 aromatic heterocycles. The van der Waals surface area contributed by atoms with Gasteiger partial charge in [0, 0.05) is 18.4 Å². The van der Waals surface area contributed by atoms with E-state index in [1.54, 1.807) is 0 Å². The van der Waals surface area contributed by atoms with Crippen molar-refractivity contribution in [2.75, 3.05) is 0 Å². The van der Waals surface area contributed by atoms with Gasteiger partial charge >= 0.3 is 0 Å². The average Bonchev–Trinajstić information content (AvgIpc) is 2.31. The summed E-state index contributed by atoms with van der Waals surface area (Å²) in [5, 5.41) is 0. The van der Waals surface area contributed by atoms with Crippen molar-refractivity contribution in [1.82, 2.24) is 4.90 Å². The van der Waals surface area contributed by atoms with Crippen molar-refractivity contribution in [3.05, 3.63) is 33.8 Å². The SMILES string of the molecule is CC1(C)CC(=O)N(Cc2c(F)ccc(Br)c2F)C(=O)C1. The smallest absolute Gasteiger partial charge is 0.230 e. The molecule has 3 nitrogen and oxygen atoms in total. The lowest BCUT2D eigenvalue weighted by Gasteiger charge is -2.34. The molecule has 0 radical (unpaired) electrons. The number of nitrogens with zero attached hydrogens (tertiary/aromatic N) is 1. The van der Waals surface area contributed by atoms with Gasteiger partial charge in [-0.15, -0.1) is 0 Å². The lowest BCUT2D eigenvalue weighted by atomic mass is 9.81. The molecule has 1 heterocycles. The highest BCUT2D eigenvalue weighted by Gasteiger charge is 2.38. The van der Waals surface area contributed by atoms with Gasteiger partial charge in [0.15, 0.2) is 0 Å². The minimum atomic E-state index is -0.782. The minimum absolute atomic E-state index is 0.103. The Morgan fingerprint density at radius 1 is 1.20 bits per heavy atom. The summed E-state index contributed by atoms with van der Waals surface area (Å²) in [4.78, 5) is 24.9. The van der Waals surface area contributed by atoms with Crippen molar-refractivity contribution in [2.45, 2.75) is 33.2 Å². The van der Waals surface area contributed by atoms with Gasteiger partial charge in [-0.05, 0) is 33.5 Å². The molecule has 0 saturated carbocycles. The number of piperidine rings is 1. The molecule has 1 aliphatic rings. The van der Waals surface area contributed by atoms with Gasteiger partial charge in [-0.2, -0.15) is 0 Å². The molecule has 1 saturated heterocycles. The van der Waals surface area contributed by atoms with E-state index in [0.29, 0.717) is 0 Å². The van der Waals surface area contributed by atoms with Crippen molar-refractivity contribution in [3.8, 4) is 0 Å².